The van der Waals surface area contributed by atoms with Crippen molar-refractivity contribution < 1.29 is 9.53 Å². The second-order valence-electron chi connectivity index (χ2n) is 5.83. The third kappa shape index (κ3) is 3.59. The highest BCUT2D eigenvalue weighted by molar-refractivity contribution is 7.03. The Labute approximate surface area is 148 Å². The van der Waals surface area contributed by atoms with Crippen molar-refractivity contribution in [1.82, 2.24) is 24.7 Å². The van der Waals surface area contributed by atoms with Crippen LogP contribution in [0.15, 0.2) is 41.9 Å². The third-order valence-electron chi connectivity index (χ3n) is 4.09. The standard InChI is InChI=1S/C17H17N5O2S/c23-17(14-11-25-21-19-14)18-8-15-16-13(6-7-24-15)10-22(20-16)9-12-4-2-1-3-5-12/h1-5,10-11,15H,6-9H2,(H,18,23)/t15-/m0/s1. The molecule has 7 nitrogen and oxygen atoms in total. The number of hydrogen-bond acceptors (Lipinski definition) is 6. The number of nitrogens with zero attached hydrogens (tertiary/aromatic N) is 4. The SMILES string of the molecule is O=C(NC[C@@H]1OCCc2cn(Cc3ccccc3)nc21)c1csnn1. The van der Waals surface area contributed by atoms with E-state index in [1.165, 1.54) is 11.1 Å². The lowest BCUT2D eigenvalue weighted by Gasteiger charge is -2.22. The summed E-state index contributed by atoms with van der Waals surface area (Å²) in [6.45, 7) is 1.71. The van der Waals surface area contributed by atoms with E-state index in [1.807, 2.05) is 22.9 Å². The van der Waals surface area contributed by atoms with E-state index in [1.54, 1.807) is 5.38 Å². The molecule has 4 rings (SSSR count). The Kier molecular flexibility index (Phi) is 4.53. The summed E-state index contributed by atoms with van der Waals surface area (Å²) in [6, 6.07) is 10.2. The van der Waals surface area contributed by atoms with Crippen molar-refractivity contribution >= 4 is 17.4 Å². The lowest BCUT2D eigenvalue weighted by Crippen LogP contribution is -2.32. The van der Waals surface area contributed by atoms with Crippen molar-refractivity contribution in [2.75, 3.05) is 13.2 Å². The highest BCUT2D eigenvalue weighted by Gasteiger charge is 2.25. The number of hydrogen-bond donors (Lipinski definition) is 1. The van der Waals surface area contributed by atoms with E-state index in [0.717, 1.165) is 30.2 Å². The summed E-state index contributed by atoms with van der Waals surface area (Å²) in [5.41, 5.74) is 3.61. The average molecular weight is 355 g/mol. The summed E-state index contributed by atoms with van der Waals surface area (Å²) in [5.74, 6) is -0.242. The van der Waals surface area contributed by atoms with Gasteiger partial charge in [-0.05, 0) is 29.1 Å². The van der Waals surface area contributed by atoms with Gasteiger partial charge in [0.1, 0.15) is 6.10 Å². The number of benzene rings is 1. The molecule has 1 aliphatic rings. The van der Waals surface area contributed by atoms with Crippen molar-refractivity contribution in [2.45, 2.75) is 19.1 Å². The van der Waals surface area contributed by atoms with E-state index in [9.17, 15) is 4.79 Å². The molecule has 0 bridgehead atoms. The van der Waals surface area contributed by atoms with Crippen molar-refractivity contribution in [3.8, 4) is 0 Å². The maximum atomic E-state index is 12.0. The smallest absolute Gasteiger partial charge is 0.272 e. The molecule has 0 radical (unpaired) electrons. The monoisotopic (exact) mass is 355 g/mol. The molecule has 25 heavy (non-hydrogen) atoms. The molecule has 3 heterocycles. The Morgan fingerprint density at radius 2 is 2.24 bits per heavy atom. The molecule has 3 aromatic rings. The number of amides is 1. The fraction of sp³-hybridized carbons (Fsp3) is 0.294. The molecule has 1 amide bonds. The molecule has 0 fully saturated rings. The number of carbonyl (C=O) groups excluding carboxylic acids is 1. The first-order valence-electron chi connectivity index (χ1n) is 8.06. The Bertz CT molecular complexity index is 847. The van der Waals surface area contributed by atoms with Gasteiger partial charge in [-0.3, -0.25) is 9.48 Å². The zero-order valence-electron chi connectivity index (χ0n) is 13.5. The van der Waals surface area contributed by atoms with E-state index in [4.69, 9.17) is 4.74 Å². The van der Waals surface area contributed by atoms with Gasteiger partial charge in [0.15, 0.2) is 5.69 Å². The molecular formula is C17H17N5O2S. The molecule has 0 unspecified atom stereocenters. The van der Waals surface area contributed by atoms with Crippen molar-refractivity contribution in [3.05, 3.63) is 64.4 Å². The number of rotatable bonds is 5. The molecule has 1 aliphatic heterocycles. The van der Waals surface area contributed by atoms with Crippen LogP contribution in [-0.2, 0) is 17.7 Å². The Balaban J connectivity index is 1.45. The Morgan fingerprint density at radius 1 is 1.36 bits per heavy atom. The molecule has 0 saturated heterocycles. The summed E-state index contributed by atoms with van der Waals surface area (Å²) in [5, 5.41) is 12.9. The predicted molar refractivity (Wildman–Crippen MR) is 92.4 cm³/mol. The second-order valence-corrected chi connectivity index (χ2v) is 6.44. The largest absolute Gasteiger partial charge is 0.370 e. The molecule has 1 atom stereocenters. The molecule has 0 spiro atoms. The Hall–Kier alpha value is -2.58. The van der Waals surface area contributed by atoms with Gasteiger partial charge in [-0.15, -0.1) is 5.10 Å². The topological polar surface area (TPSA) is 81.9 Å². The quantitative estimate of drug-likeness (QED) is 0.755. The fourth-order valence-electron chi connectivity index (χ4n) is 2.88. The molecular weight excluding hydrogens is 338 g/mol. The van der Waals surface area contributed by atoms with Crippen LogP contribution in [0.3, 0.4) is 0 Å². The van der Waals surface area contributed by atoms with E-state index in [2.05, 4.69) is 38.3 Å². The molecule has 8 heteroatoms. The third-order valence-corrected chi connectivity index (χ3v) is 4.60. The summed E-state index contributed by atoms with van der Waals surface area (Å²) in [7, 11) is 0. The molecule has 0 saturated carbocycles. The summed E-state index contributed by atoms with van der Waals surface area (Å²) >= 11 is 1.15. The predicted octanol–water partition coefficient (Wildman–Crippen LogP) is 1.83. The first-order chi connectivity index (χ1) is 12.3. The van der Waals surface area contributed by atoms with Gasteiger partial charge in [-0.25, -0.2) is 0 Å². The highest BCUT2D eigenvalue weighted by Crippen LogP contribution is 2.25. The van der Waals surface area contributed by atoms with Gasteiger partial charge >= 0.3 is 0 Å². The molecule has 128 valence electrons. The summed E-state index contributed by atoms with van der Waals surface area (Å²) in [6.07, 6.45) is 2.67. The number of aromatic nitrogens is 4. The number of ether oxygens (including phenoxy) is 1. The van der Waals surface area contributed by atoms with Crippen LogP contribution in [0.2, 0.25) is 0 Å². The summed E-state index contributed by atoms with van der Waals surface area (Å²) < 4.78 is 11.5. The van der Waals surface area contributed by atoms with Crippen LogP contribution in [0.1, 0.15) is 33.4 Å². The van der Waals surface area contributed by atoms with E-state index >= 15 is 0 Å². The second kappa shape index (κ2) is 7.12. The zero-order valence-corrected chi connectivity index (χ0v) is 14.3. The van der Waals surface area contributed by atoms with Gasteiger partial charge < -0.3 is 10.1 Å². The van der Waals surface area contributed by atoms with Crippen LogP contribution in [0.5, 0.6) is 0 Å². The van der Waals surface area contributed by atoms with Gasteiger partial charge in [-0.1, -0.05) is 34.8 Å². The van der Waals surface area contributed by atoms with Gasteiger partial charge in [0, 0.05) is 18.1 Å². The lowest BCUT2D eigenvalue weighted by molar-refractivity contribution is 0.0383. The molecule has 1 aromatic carbocycles. The molecule has 0 aliphatic carbocycles. The first kappa shape index (κ1) is 15.9. The Morgan fingerprint density at radius 3 is 3.04 bits per heavy atom. The van der Waals surface area contributed by atoms with Crippen LogP contribution >= 0.6 is 11.5 Å². The highest BCUT2D eigenvalue weighted by atomic mass is 32.1. The molecule has 2 aromatic heterocycles. The molecule has 1 N–H and O–H groups in total. The number of nitrogens with one attached hydrogen (secondary N) is 1. The van der Waals surface area contributed by atoms with E-state index < -0.39 is 0 Å². The van der Waals surface area contributed by atoms with Crippen LogP contribution in [0, 0.1) is 0 Å². The maximum Gasteiger partial charge on any atom is 0.272 e. The van der Waals surface area contributed by atoms with Crippen molar-refractivity contribution in [3.63, 3.8) is 0 Å². The average Bonchev–Trinajstić information content (AvgIpc) is 3.30. The summed E-state index contributed by atoms with van der Waals surface area (Å²) in [4.78, 5) is 12.0. The lowest BCUT2D eigenvalue weighted by atomic mass is 10.1. The number of fused-ring (bicyclic) bond motifs is 1. The first-order valence-corrected chi connectivity index (χ1v) is 8.90. The van der Waals surface area contributed by atoms with Crippen molar-refractivity contribution in [1.29, 1.82) is 0 Å². The van der Waals surface area contributed by atoms with Crippen LogP contribution in [-0.4, -0.2) is 38.4 Å². The minimum Gasteiger partial charge on any atom is -0.370 e. The van der Waals surface area contributed by atoms with Crippen LogP contribution in [0.4, 0.5) is 0 Å². The maximum absolute atomic E-state index is 12.0. The van der Waals surface area contributed by atoms with Gasteiger partial charge in [0.25, 0.3) is 5.91 Å². The van der Waals surface area contributed by atoms with E-state index in [-0.39, 0.29) is 12.0 Å². The fourth-order valence-corrected chi connectivity index (χ4v) is 3.31. The minimum absolute atomic E-state index is 0.240. The normalized spacial score (nSPS) is 16.4. The number of carbonyl (C=O) groups is 1. The van der Waals surface area contributed by atoms with Gasteiger partial charge in [-0.2, -0.15) is 5.10 Å². The zero-order chi connectivity index (χ0) is 17.1. The van der Waals surface area contributed by atoms with E-state index in [0.29, 0.717) is 18.8 Å². The van der Waals surface area contributed by atoms with Gasteiger partial charge in [0.05, 0.1) is 18.8 Å². The minimum atomic E-state index is -0.242. The van der Waals surface area contributed by atoms with Crippen molar-refractivity contribution in [2.24, 2.45) is 0 Å². The van der Waals surface area contributed by atoms with Gasteiger partial charge in [0.2, 0.25) is 0 Å². The van der Waals surface area contributed by atoms with Crippen LogP contribution < -0.4 is 5.32 Å². The van der Waals surface area contributed by atoms with Crippen LogP contribution in [0.25, 0.3) is 0 Å².